The zero-order chi connectivity index (χ0) is 15.7. The first-order chi connectivity index (χ1) is 11.9. The van der Waals surface area contributed by atoms with E-state index in [1.807, 2.05) is 36.0 Å². The molecule has 6 rings (SSSR count). The maximum atomic E-state index is 4.95. The predicted molar refractivity (Wildman–Crippen MR) is 98.0 cm³/mol. The largest absolute Gasteiger partial charge is 0.290 e. The molecule has 0 unspecified atom stereocenters. The molecule has 0 spiro atoms. The van der Waals surface area contributed by atoms with Crippen LogP contribution in [0.4, 0.5) is 0 Å². The first-order valence-corrected chi connectivity index (χ1v) is 8.69. The summed E-state index contributed by atoms with van der Waals surface area (Å²) in [6, 6.07) is 23.0. The number of fused-ring (bicyclic) bond motifs is 6. The lowest BCUT2D eigenvalue weighted by atomic mass is 10.2. The Kier molecular flexibility index (Phi) is 2.28. The maximum absolute atomic E-state index is 4.95. The van der Waals surface area contributed by atoms with E-state index in [-0.39, 0.29) is 0 Å². The molecule has 0 saturated heterocycles. The van der Waals surface area contributed by atoms with Crippen LogP contribution in [0.3, 0.4) is 0 Å². The quantitative estimate of drug-likeness (QED) is 0.385. The molecule has 112 valence electrons. The summed E-state index contributed by atoms with van der Waals surface area (Å²) < 4.78 is 2.27. The van der Waals surface area contributed by atoms with E-state index >= 15 is 0 Å². The minimum atomic E-state index is 0.932. The molecule has 0 amide bonds. The average molecular weight is 325 g/mol. The van der Waals surface area contributed by atoms with Crippen LogP contribution in [0.25, 0.3) is 38.8 Å². The molecular formula is C20H11N3S. The first-order valence-electron chi connectivity index (χ1n) is 7.87. The average Bonchev–Trinajstić information content (AvgIpc) is 2.96. The number of aromatic nitrogens is 3. The maximum Gasteiger partial charge on any atom is 0.165 e. The normalized spacial score (nSPS) is 12.8. The Hall–Kier alpha value is -2.85. The summed E-state index contributed by atoms with van der Waals surface area (Å²) in [5, 5.41) is 1.17. The van der Waals surface area contributed by atoms with Crippen LogP contribution >= 0.6 is 11.8 Å². The molecule has 0 saturated carbocycles. The number of benzene rings is 3. The van der Waals surface area contributed by atoms with Crippen LogP contribution in [0.5, 0.6) is 0 Å². The molecule has 0 N–H and O–H groups in total. The molecule has 1 aliphatic rings. The topological polar surface area (TPSA) is 30.7 Å². The molecule has 1 aliphatic heterocycles. The summed E-state index contributed by atoms with van der Waals surface area (Å²) in [6.07, 6.45) is 0. The van der Waals surface area contributed by atoms with Crippen LogP contribution in [0.1, 0.15) is 0 Å². The second-order valence-corrected chi connectivity index (χ2v) is 7.03. The van der Waals surface area contributed by atoms with Crippen LogP contribution in [0.2, 0.25) is 0 Å². The number of rotatable bonds is 0. The van der Waals surface area contributed by atoms with Gasteiger partial charge in [0.15, 0.2) is 5.65 Å². The van der Waals surface area contributed by atoms with Crippen LogP contribution in [-0.2, 0) is 0 Å². The van der Waals surface area contributed by atoms with Gasteiger partial charge in [-0.15, -0.1) is 0 Å². The number of nitrogens with zero attached hydrogens (tertiary/aromatic N) is 3. The summed E-state index contributed by atoms with van der Waals surface area (Å²) in [5.74, 6) is 0. The summed E-state index contributed by atoms with van der Waals surface area (Å²) in [5.41, 5.74) is 6.18. The Labute approximate surface area is 142 Å². The fourth-order valence-electron chi connectivity index (χ4n) is 3.54. The zero-order valence-electron chi connectivity index (χ0n) is 12.6. The second kappa shape index (κ2) is 4.36. The van der Waals surface area contributed by atoms with E-state index in [1.165, 1.54) is 26.4 Å². The number of hydrogen-bond acceptors (Lipinski definition) is 3. The van der Waals surface area contributed by atoms with E-state index in [2.05, 4.69) is 47.0 Å². The molecule has 3 aromatic carbocycles. The first kappa shape index (κ1) is 12.6. The van der Waals surface area contributed by atoms with Gasteiger partial charge in [-0.2, -0.15) is 0 Å². The van der Waals surface area contributed by atoms with E-state index in [1.54, 1.807) is 0 Å². The van der Waals surface area contributed by atoms with Crippen LogP contribution in [0, 0.1) is 0 Å². The van der Waals surface area contributed by atoms with Gasteiger partial charge in [-0.25, -0.2) is 9.97 Å². The highest BCUT2D eigenvalue weighted by Gasteiger charge is 2.24. The van der Waals surface area contributed by atoms with Gasteiger partial charge in [-0.1, -0.05) is 48.2 Å². The summed E-state index contributed by atoms with van der Waals surface area (Å²) >= 11 is 1.82. The van der Waals surface area contributed by atoms with Gasteiger partial charge in [0, 0.05) is 15.2 Å². The van der Waals surface area contributed by atoms with Gasteiger partial charge in [0.25, 0.3) is 0 Å². The van der Waals surface area contributed by atoms with Crippen molar-refractivity contribution < 1.29 is 0 Å². The van der Waals surface area contributed by atoms with Gasteiger partial charge in [0.1, 0.15) is 5.52 Å². The van der Waals surface area contributed by atoms with Crippen LogP contribution in [-0.4, -0.2) is 14.5 Å². The highest BCUT2D eigenvalue weighted by Crippen LogP contribution is 2.45. The molecule has 0 radical (unpaired) electrons. The monoisotopic (exact) mass is 325 g/mol. The molecule has 3 nitrogen and oxygen atoms in total. The Balaban J connectivity index is 1.92. The van der Waals surface area contributed by atoms with Gasteiger partial charge in [-0.05, 0) is 30.3 Å². The minimum absolute atomic E-state index is 0.932. The van der Waals surface area contributed by atoms with Gasteiger partial charge in [-0.3, -0.25) is 4.57 Å². The Bertz CT molecular complexity index is 1290. The van der Waals surface area contributed by atoms with Crippen molar-refractivity contribution in [1.82, 2.24) is 14.5 Å². The molecular weight excluding hydrogens is 314 g/mol. The summed E-state index contributed by atoms with van der Waals surface area (Å²) in [4.78, 5) is 12.4. The molecule has 2 aromatic heterocycles. The van der Waals surface area contributed by atoms with Crippen molar-refractivity contribution in [1.29, 1.82) is 0 Å². The third-order valence-electron chi connectivity index (χ3n) is 4.57. The molecule has 24 heavy (non-hydrogen) atoms. The fraction of sp³-hybridized carbons (Fsp3) is 0. The van der Waals surface area contributed by atoms with Crippen molar-refractivity contribution in [3.8, 4) is 5.69 Å². The molecule has 0 atom stereocenters. The van der Waals surface area contributed by atoms with Gasteiger partial charge >= 0.3 is 0 Å². The van der Waals surface area contributed by atoms with Crippen LogP contribution < -0.4 is 0 Å². The molecule has 0 bridgehead atoms. The Morgan fingerprint density at radius 2 is 1.46 bits per heavy atom. The van der Waals surface area contributed by atoms with Crippen molar-refractivity contribution >= 4 is 44.9 Å². The van der Waals surface area contributed by atoms with Crippen LogP contribution in [0.15, 0.2) is 76.5 Å². The SMILES string of the molecule is c1ccc2c(c1)Sc1cccc3c4nc5ccccc5nc4n-2c13. The van der Waals surface area contributed by atoms with Gasteiger partial charge in [0.2, 0.25) is 0 Å². The third-order valence-corrected chi connectivity index (χ3v) is 5.68. The van der Waals surface area contributed by atoms with Crippen molar-refractivity contribution in [2.24, 2.45) is 0 Å². The van der Waals surface area contributed by atoms with Gasteiger partial charge < -0.3 is 0 Å². The summed E-state index contributed by atoms with van der Waals surface area (Å²) in [7, 11) is 0. The molecule has 0 fully saturated rings. The molecule has 4 heteroatoms. The van der Waals surface area contributed by atoms with Crippen molar-refractivity contribution in [2.75, 3.05) is 0 Å². The fourth-order valence-corrected chi connectivity index (χ4v) is 4.63. The second-order valence-electron chi connectivity index (χ2n) is 5.94. The van der Waals surface area contributed by atoms with Crippen molar-refractivity contribution in [2.45, 2.75) is 9.79 Å². The third kappa shape index (κ3) is 1.49. The zero-order valence-corrected chi connectivity index (χ0v) is 13.4. The van der Waals surface area contributed by atoms with Crippen molar-refractivity contribution in [3.05, 3.63) is 66.7 Å². The predicted octanol–water partition coefficient (Wildman–Crippen LogP) is 5.19. The van der Waals surface area contributed by atoms with Gasteiger partial charge in [0.05, 0.1) is 22.2 Å². The van der Waals surface area contributed by atoms with E-state index in [9.17, 15) is 0 Å². The lowest BCUT2D eigenvalue weighted by Gasteiger charge is -2.18. The van der Waals surface area contributed by atoms with E-state index < -0.39 is 0 Å². The Morgan fingerprint density at radius 1 is 0.708 bits per heavy atom. The van der Waals surface area contributed by atoms with E-state index in [4.69, 9.17) is 9.97 Å². The standard InChI is InChI=1S/C20H11N3S/c1-2-8-14-13(7-1)21-18-12-6-5-11-17-19(12)23(20(18)22-14)15-9-3-4-10-16(15)24-17/h1-11H. The lowest BCUT2D eigenvalue weighted by molar-refractivity contribution is 1.07. The lowest BCUT2D eigenvalue weighted by Crippen LogP contribution is -2.02. The molecule has 3 heterocycles. The van der Waals surface area contributed by atoms with E-state index in [0.29, 0.717) is 0 Å². The summed E-state index contributed by atoms with van der Waals surface area (Å²) in [6.45, 7) is 0. The highest BCUT2D eigenvalue weighted by atomic mass is 32.2. The number of para-hydroxylation sites is 4. The number of hydrogen-bond donors (Lipinski definition) is 0. The Morgan fingerprint density at radius 3 is 2.38 bits per heavy atom. The smallest absolute Gasteiger partial charge is 0.165 e. The van der Waals surface area contributed by atoms with Crippen molar-refractivity contribution in [3.63, 3.8) is 0 Å². The minimum Gasteiger partial charge on any atom is -0.290 e. The highest BCUT2D eigenvalue weighted by molar-refractivity contribution is 7.99. The molecule has 0 aliphatic carbocycles. The van der Waals surface area contributed by atoms with E-state index in [0.717, 1.165) is 22.2 Å². The molecule has 5 aromatic rings.